The van der Waals surface area contributed by atoms with Crippen molar-refractivity contribution in [2.45, 2.75) is 6.92 Å². The molecule has 1 aliphatic heterocycles. The van der Waals surface area contributed by atoms with Gasteiger partial charge in [0.05, 0.1) is 11.4 Å². The summed E-state index contributed by atoms with van der Waals surface area (Å²) >= 11 is 0. The molecule has 2 nitrogen and oxygen atoms in total. The van der Waals surface area contributed by atoms with E-state index in [1.807, 2.05) is 6.92 Å². The summed E-state index contributed by atoms with van der Waals surface area (Å²) in [5.74, 6) is 0. The zero-order valence-corrected chi connectivity index (χ0v) is 4.10. The Bertz CT molecular complexity index is 153. The van der Waals surface area contributed by atoms with Crippen LogP contribution in [0.25, 0.3) is 0 Å². The molecule has 0 atom stereocenters. The van der Waals surface area contributed by atoms with Gasteiger partial charge in [0, 0.05) is 6.20 Å². The summed E-state index contributed by atoms with van der Waals surface area (Å²) in [4.78, 5) is 3.83. The molecule has 0 aromatic rings. The summed E-state index contributed by atoms with van der Waals surface area (Å²) < 4.78 is 0. The summed E-state index contributed by atoms with van der Waals surface area (Å²) in [6.45, 7) is 1.82. The third-order valence-corrected chi connectivity index (χ3v) is 0.899. The van der Waals surface area contributed by atoms with Crippen LogP contribution in [-0.4, -0.2) is 11.4 Å². The van der Waals surface area contributed by atoms with E-state index in [1.165, 1.54) is 0 Å². The highest BCUT2D eigenvalue weighted by Crippen LogP contribution is 1.93. The van der Waals surface area contributed by atoms with Crippen LogP contribution in [0, 0.1) is 5.41 Å². The summed E-state index contributed by atoms with van der Waals surface area (Å²) in [6.07, 6.45) is 3.31. The van der Waals surface area contributed by atoms with Crippen molar-refractivity contribution in [1.29, 1.82) is 5.41 Å². The monoisotopic (exact) mass is 94.1 g/mol. The molecule has 7 heavy (non-hydrogen) atoms. The summed E-state index contributed by atoms with van der Waals surface area (Å²) in [6, 6.07) is 0. The van der Waals surface area contributed by atoms with Crippen LogP contribution in [0.15, 0.2) is 17.3 Å². The molecule has 0 radical (unpaired) electrons. The first-order valence-corrected chi connectivity index (χ1v) is 2.10. The van der Waals surface area contributed by atoms with E-state index < -0.39 is 0 Å². The van der Waals surface area contributed by atoms with Crippen molar-refractivity contribution < 1.29 is 0 Å². The van der Waals surface area contributed by atoms with Crippen molar-refractivity contribution in [2.75, 3.05) is 0 Å². The van der Waals surface area contributed by atoms with E-state index in [0.29, 0.717) is 5.71 Å². The minimum atomic E-state index is 0.528. The topological polar surface area (TPSA) is 36.2 Å². The van der Waals surface area contributed by atoms with E-state index in [2.05, 4.69) is 4.99 Å². The lowest BCUT2D eigenvalue weighted by molar-refractivity contribution is 1.55. The van der Waals surface area contributed by atoms with Gasteiger partial charge in [-0.15, -0.1) is 0 Å². The fraction of sp³-hybridized carbons (Fsp3) is 0.200. The Morgan fingerprint density at radius 3 is 2.57 bits per heavy atom. The average Bonchev–Trinajstić information content (AvgIpc) is 1.91. The van der Waals surface area contributed by atoms with Crippen LogP contribution in [-0.2, 0) is 0 Å². The Hall–Kier alpha value is -0.920. The van der Waals surface area contributed by atoms with Gasteiger partial charge in [0.15, 0.2) is 0 Å². The lowest BCUT2D eigenvalue weighted by Crippen LogP contribution is -1.98. The van der Waals surface area contributed by atoms with Crippen molar-refractivity contribution in [2.24, 2.45) is 4.99 Å². The molecule has 0 bridgehead atoms. The van der Waals surface area contributed by atoms with Gasteiger partial charge in [-0.2, -0.15) is 0 Å². The highest BCUT2D eigenvalue weighted by molar-refractivity contribution is 6.46. The summed E-state index contributed by atoms with van der Waals surface area (Å²) in [5.41, 5.74) is 1.33. The molecule has 0 unspecified atom stereocenters. The fourth-order valence-corrected chi connectivity index (χ4v) is 0.414. The predicted molar refractivity (Wildman–Crippen MR) is 30.0 cm³/mol. The van der Waals surface area contributed by atoms with Crippen molar-refractivity contribution in [1.82, 2.24) is 0 Å². The van der Waals surface area contributed by atoms with Gasteiger partial charge >= 0.3 is 0 Å². The molecule has 0 aliphatic carbocycles. The maximum Gasteiger partial charge on any atom is 0.0767 e. The van der Waals surface area contributed by atoms with Gasteiger partial charge in [0.2, 0.25) is 0 Å². The van der Waals surface area contributed by atoms with Crippen LogP contribution < -0.4 is 0 Å². The predicted octanol–water partition coefficient (Wildman–Crippen LogP) is 0.994. The Morgan fingerprint density at radius 1 is 1.71 bits per heavy atom. The number of rotatable bonds is 0. The molecular weight excluding hydrogens is 88.1 g/mol. The maximum atomic E-state index is 7.04. The minimum absolute atomic E-state index is 0.528. The Balaban J connectivity index is 2.89. The van der Waals surface area contributed by atoms with Gasteiger partial charge < -0.3 is 0 Å². The molecule has 0 amide bonds. The Labute approximate surface area is 42.1 Å². The third-order valence-electron chi connectivity index (χ3n) is 0.899. The van der Waals surface area contributed by atoms with E-state index in [-0.39, 0.29) is 0 Å². The van der Waals surface area contributed by atoms with Gasteiger partial charge in [-0.3, -0.25) is 10.4 Å². The van der Waals surface area contributed by atoms with E-state index in [4.69, 9.17) is 5.41 Å². The van der Waals surface area contributed by atoms with Crippen molar-refractivity contribution in [3.8, 4) is 0 Å². The zero-order valence-electron chi connectivity index (χ0n) is 4.10. The summed E-state index contributed by atoms with van der Waals surface area (Å²) in [7, 11) is 0. The second-order valence-corrected chi connectivity index (χ2v) is 1.44. The second-order valence-electron chi connectivity index (χ2n) is 1.44. The van der Waals surface area contributed by atoms with E-state index in [1.54, 1.807) is 12.3 Å². The largest absolute Gasteiger partial charge is 0.299 e. The number of allylic oxidation sites excluding steroid dienone is 1. The molecule has 0 aromatic heterocycles. The molecule has 1 heterocycles. The number of aliphatic imine (C=N–C) groups is 1. The molecule has 1 aliphatic rings. The molecule has 2 heteroatoms. The van der Waals surface area contributed by atoms with Crippen molar-refractivity contribution >= 4 is 11.4 Å². The number of hydrogen-bond donors (Lipinski definition) is 1. The molecule has 0 fully saturated rings. The highest BCUT2D eigenvalue weighted by Gasteiger charge is 1.98. The third kappa shape index (κ3) is 0.585. The van der Waals surface area contributed by atoms with E-state index >= 15 is 0 Å². The standard InChI is InChI=1S/C5H6N2/c1-4-5(6)2-3-7-4/h2-3,6H,1H3. The van der Waals surface area contributed by atoms with E-state index in [9.17, 15) is 0 Å². The van der Waals surface area contributed by atoms with Crippen LogP contribution in [0.1, 0.15) is 6.92 Å². The smallest absolute Gasteiger partial charge is 0.0767 e. The zero-order chi connectivity index (χ0) is 5.28. The quantitative estimate of drug-likeness (QED) is 0.465. The SMILES string of the molecule is CC1=NC=CC1=N. The molecule has 0 saturated carbocycles. The van der Waals surface area contributed by atoms with Gasteiger partial charge in [-0.05, 0) is 13.0 Å². The van der Waals surface area contributed by atoms with Crippen LogP contribution in [0.5, 0.6) is 0 Å². The molecule has 0 spiro atoms. The Morgan fingerprint density at radius 2 is 2.43 bits per heavy atom. The van der Waals surface area contributed by atoms with Crippen molar-refractivity contribution in [3.63, 3.8) is 0 Å². The van der Waals surface area contributed by atoms with Crippen LogP contribution in [0.4, 0.5) is 0 Å². The number of nitrogens with one attached hydrogen (secondary N) is 1. The van der Waals surface area contributed by atoms with E-state index in [0.717, 1.165) is 5.71 Å². The molecule has 1 rings (SSSR count). The lowest BCUT2D eigenvalue weighted by Gasteiger charge is -1.81. The van der Waals surface area contributed by atoms with Crippen LogP contribution in [0.2, 0.25) is 0 Å². The first kappa shape index (κ1) is 4.24. The second kappa shape index (κ2) is 1.30. The number of hydrogen-bond acceptors (Lipinski definition) is 2. The normalized spacial score (nSPS) is 17.9. The van der Waals surface area contributed by atoms with Gasteiger partial charge in [0.1, 0.15) is 0 Å². The molecule has 0 saturated heterocycles. The van der Waals surface area contributed by atoms with Gasteiger partial charge in [-0.1, -0.05) is 0 Å². The summed E-state index contributed by atoms with van der Waals surface area (Å²) in [5, 5.41) is 7.04. The first-order valence-electron chi connectivity index (χ1n) is 2.10. The molecule has 0 aromatic carbocycles. The maximum absolute atomic E-state index is 7.04. The minimum Gasteiger partial charge on any atom is -0.299 e. The first-order chi connectivity index (χ1) is 3.30. The van der Waals surface area contributed by atoms with Gasteiger partial charge in [-0.25, -0.2) is 0 Å². The average molecular weight is 94.1 g/mol. The molecular formula is C5H6N2. The molecule has 36 valence electrons. The number of nitrogens with zero attached hydrogens (tertiary/aromatic N) is 1. The fourth-order valence-electron chi connectivity index (χ4n) is 0.414. The van der Waals surface area contributed by atoms with Crippen LogP contribution >= 0.6 is 0 Å². The van der Waals surface area contributed by atoms with Crippen molar-refractivity contribution in [3.05, 3.63) is 12.3 Å². The van der Waals surface area contributed by atoms with Gasteiger partial charge in [0.25, 0.3) is 0 Å². The Kier molecular flexibility index (Phi) is 0.785. The lowest BCUT2D eigenvalue weighted by atomic mass is 10.3. The highest BCUT2D eigenvalue weighted by atomic mass is 14.7. The molecule has 1 N–H and O–H groups in total. The van der Waals surface area contributed by atoms with Crippen LogP contribution in [0.3, 0.4) is 0 Å².